The van der Waals surface area contributed by atoms with Crippen molar-refractivity contribution in [3.05, 3.63) is 0 Å². The average Bonchev–Trinajstić information content (AvgIpc) is 2.97. The number of ether oxygens (including phenoxy) is 2. The fourth-order valence-corrected chi connectivity index (χ4v) is 32.2. The molecule has 43 heavy (non-hydrogen) atoms. The molecular formula is C36H72O4S2Sn. The Labute approximate surface area is 278 Å². The van der Waals surface area contributed by atoms with Crippen molar-refractivity contribution in [2.45, 2.75) is 179 Å². The van der Waals surface area contributed by atoms with Gasteiger partial charge in [-0.3, -0.25) is 0 Å². The number of hydrogen-bond donors (Lipinski definition) is 0. The predicted octanol–water partition coefficient (Wildman–Crippen LogP) is 12.1. The Kier molecular flexibility index (Phi) is 31.4. The molecule has 0 N–H and O–H groups in total. The van der Waals surface area contributed by atoms with Crippen molar-refractivity contribution < 1.29 is 19.1 Å². The molecule has 0 radical (unpaired) electrons. The summed E-state index contributed by atoms with van der Waals surface area (Å²) in [6.45, 7) is 14.7. The SMILES string of the molecule is CCCCCCC[CH2][Sn]([CH2]CCCCCCC)([S]CC(=O)OCCCCCC(C)C)[S]CC(=O)OCCCCCC(C)C. The first kappa shape index (κ1) is 43.4. The number of unbranched alkanes of at least 4 members (excludes halogenated alkanes) is 14. The first-order valence-corrected chi connectivity index (χ1v) is 31.3. The summed E-state index contributed by atoms with van der Waals surface area (Å²) in [5.41, 5.74) is 0. The molecule has 0 atom stereocenters. The average molecular weight is 752 g/mol. The van der Waals surface area contributed by atoms with Crippen LogP contribution in [0.5, 0.6) is 0 Å². The molecule has 256 valence electrons. The third-order valence-corrected chi connectivity index (χ3v) is 38.0. The molecule has 0 aromatic rings. The Morgan fingerprint density at radius 2 is 0.860 bits per heavy atom. The second kappa shape index (κ2) is 31.1. The maximum absolute atomic E-state index is 12.8. The van der Waals surface area contributed by atoms with Crippen molar-refractivity contribution in [3.63, 3.8) is 0 Å². The monoisotopic (exact) mass is 752 g/mol. The third-order valence-electron chi connectivity index (χ3n) is 8.11. The van der Waals surface area contributed by atoms with Crippen LogP contribution in [0.25, 0.3) is 0 Å². The molecule has 0 spiro atoms. The van der Waals surface area contributed by atoms with Crippen molar-refractivity contribution in [1.82, 2.24) is 0 Å². The van der Waals surface area contributed by atoms with Gasteiger partial charge in [0.15, 0.2) is 0 Å². The van der Waals surface area contributed by atoms with E-state index in [-0.39, 0.29) is 11.9 Å². The Balaban J connectivity index is 5.09. The normalized spacial score (nSPS) is 11.9. The summed E-state index contributed by atoms with van der Waals surface area (Å²) in [6.07, 6.45) is 24.6. The van der Waals surface area contributed by atoms with Gasteiger partial charge in [-0.15, -0.1) is 0 Å². The van der Waals surface area contributed by atoms with Gasteiger partial charge in [-0.05, 0) is 0 Å². The van der Waals surface area contributed by atoms with Crippen LogP contribution in [-0.4, -0.2) is 52.3 Å². The Hall–Kier alpha value is 0.439. The molecule has 0 rings (SSSR count). The van der Waals surface area contributed by atoms with E-state index in [9.17, 15) is 9.59 Å². The first-order valence-electron chi connectivity index (χ1n) is 18.3. The molecular weight excluding hydrogens is 679 g/mol. The van der Waals surface area contributed by atoms with Crippen LogP contribution in [0.2, 0.25) is 8.87 Å². The fraction of sp³-hybridized carbons (Fsp3) is 0.944. The molecule has 0 bridgehead atoms. The summed E-state index contributed by atoms with van der Waals surface area (Å²) in [6, 6.07) is 0. The molecule has 0 unspecified atom stereocenters. The van der Waals surface area contributed by atoms with Crippen LogP contribution in [0.15, 0.2) is 0 Å². The zero-order valence-corrected chi connectivity index (χ0v) is 34.0. The van der Waals surface area contributed by atoms with Gasteiger partial charge in [-0.1, -0.05) is 0 Å². The molecule has 0 saturated carbocycles. The topological polar surface area (TPSA) is 52.6 Å². The van der Waals surface area contributed by atoms with Crippen molar-refractivity contribution in [1.29, 1.82) is 0 Å². The number of carbonyl (C=O) groups is 2. The van der Waals surface area contributed by atoms with E-state index in [1.165, 1.54) is 112 Å². The van der Waals surface area contributed by atoms with Gasteiger partial charge < -0.3 is 0 Å². The summed E-state index contributed by atoms with van der Waals surface area (Å²) in [4.78, 5) is 25.6. The van der Waals surface area contributed by atoms with Crippen molar-refractivity contribution in [2.24, 2.45) is 11.8 Å². The molecule has 0 aromatic carbocycles. The molecule has 0 heterocycles. The van der Waals surface area contributed by atoms with Gasteiger partial charge >= 0.3 is 280 Å². The molecule has 4 nitrogen and oxygen atoms in total. The van der Waals surface area contributed by atoms with E-state index in [0.717, 1.165) is 37.5 Å². The Morgan fingerprint density at radius 3 is 1.23 bits per heavy atom. The fourth-order valence-electron chi connectivity index (χ4n) is 5.30. The molecule has 0 aromatic heterocycles. The van der Waals surface area contributed by atoms with Gasteiger partial charge in [0.25, 0.3) is 0 Å². The van der Waals surface area contributed by atoms with Crippen LogP contribution in [0, 0.1) is 11.8 Å². The maximum atomic E-state index is 12.8. The molecule has 0 saturated heterocycles. The van der Waals surface area contributed by atoms with Gasteiger partial charge in [-0.2, -0.15) is 0 Å². The molecule has 0 aliphatic rings. The summed E-state index contributed by atoms with van der Waals surface area (Å²) >= 11 is -2.91. The standard InChI is InChI=1S/2C10H20O2S.2C8H17.Sn/c2*1-9(2)6-4-3-5-7-12-10(11)8-13;2*1-3-5-7-8-6-4-2;/h2*9,13H,3-8H2,1-2H3;2*1,3-8H2,2H3;/q;;;;+2/p-2. The zero-order valence-electron chi connectivity index (χ0n) is 29.5. The number of carbonyl (C=O) groups excluding carboxylic acids is 2. The van der Waals surface area contributed by atoms with Gasteiger partial charge in [0.1, 0.15) is 0 Å². The second-order valence-electron chi connectivity index (χ2n) is 13.5. The van der Waals surface area contributed by atoms with Crippen LogP contribution in [0.4, 0.5) is 0 Å². The number of esters is 2. The molecule has 0 aliphatic heterocycles. The van der Waals surface area contributed by atoms with Crippen molar-refractivity contribution in [2.75, 3.05) is 24.7 Å². The van der Waals surface area contributed by atoms with Crippen LogP contribution in [0.3, 0.4) is 0 Å². The summed E-state index contributed by atoms with van der Waals surface area (Å²) in [5.74, 6) is 2.30. The molecule has 0 aliphatic carbocycles. The van der Waals surface area contributed by atoms with Crippen LogP contribution >= 0.6 is 17.9 Å². The van der Waals surface area contributed by atoms with Gasteiger partial charge in [0, 0.05) is 0 Å². The van der Waals surface area contributed by atoms with Crippen LogP contribution in [0.1, 0.15) is 170 Å². The third kappa shape index (κ3) is 29.6. The molecule has 0 fully saturated rings. The van der Waals surface area contributed by atoms with Crippen LogP contribution < -0.4 is 0 Å². The van der Waals surface area contributed by atoms with Gasteiger partial charge in [0.2, 0.25) is 0 Å². The quantitative estimate of drug-likeness (QED) is 0.0388. The minimum absolute atomic E-state index is 0.0506. The number of rotatable bonds is 32. The Morgan fingerprint density at radius 1 is 0.512 bits per heavy atom. The van der Waals surface area contributed by atoms with Gasteiger partial charge in [0.05, 0.1) is 0 Å². The first-order chi connectivity index (χ1) is 20.7. The van der Waals surface area contributed by atoms with Crippen molar-refractivity contribution in [3.8, 4) is 0 Å². The van der Waals surface area contributed by atoms with E-state index >= 15 is 0 Å². The second-order valence-corrected chi connectivity index (χ2v) is 39.8. The van der Waals surface area contributed by atoms with Gasteiger partial charge in [-0.25, -0.2) is 0 Å². The van der Waals surface area contributed by atoms with Crippen molar-refractivity contribution >= 4 is 45.4 Å². The molecule has 0 amide bonds. The minimum atomic E-state index is -2.91. The Bertz CT molecular complexity index is 591. The van der Waals surface area contributed by atoms with E-state index in [4.69, 9.17) is 9.47 Å². The van der Waals surface area contributed by atoms with E-state index < -0.39 is 15.6 Å². The number of hydrogen-bond acceptors (Lipinski definition) is 6. The van der Waals surface area contributed by atoms with E-state index in [0.29, 0.717) is 24.7 Å². The zero-order chi connectivity index (χ0) is 32.0. The van der Waals surface area contributed by atoms with E-state index in [2.05, 4.69) is 41.5 Å². The van der Waals surface area contributed by atoms with E-state index in [1.807, 2.05) is 17.9 Å². The molecule has 7 heteroatoms. The summed E-state index contributed by atoms with van der Waals surface area (Å²) in [5, 5.41) is 0. The summed E-state index contributed by atoms with van der Waals surface area (Å²) < 4.78 is 13.9. The predicted molar refractivity (Wildman–Crippen MR) is 196 cm³/mol. The summed E-state index contributed by atoms with van der Waals surface area (Å²) in [7, 11) is 3.91. The van der Waals surface area contributed by atoms with Crippen LogP contribution in [-0.2, 0) is 19.1 Å². The van der Waals surface area contributed by atoms with E-state index in [1.54, 1.807) is 0 Å².